The molecule has 35 heavy (non-hydrogen) atoms. The van der Waals surface area contributed by atoms with E-state index < -0.39 is 21.5 Å². The lowest BCUT2D eigenvalue weighted by atomic mass is 9.68. The normalized spacial score (nSPS) is 20.2. The van der Waals surface area contributed by atoms with Crippen LogP contribution < -0.4 is 4.74 Å². The molecule has 186 valence electrons. The summed E-state index contributed by atoms with van der Waals surface area (Å²) >= 11 is 0. The van der Waals surface area contributed by atoms with Gasteiger partial charge in [0.15, 0.2) is 0 Å². The van der Waals surface area contributed by atoms with Crippen LogP contribution in [0.25, 0.3) is 10.9 Å². The predicted molar refractivity (Wildman–Crippen MR) is 132 cm³/mol. The Kier molecular flexibility index (Phi) is 5.85. The number of pyridine rings is 1. The first-order valence-electron chi connectivity index (χ1n) is 11.6. The lowest BCUT2D eigenvalue weighted by Gasteiger charge is -2.50. The molecule has 0 aliphatic carbocycles. The number of aliphatic hydroxyl groups is 1. The molecule has 2 aliphatic rings. The number of sulfonamides is 1. The third kappa shape index (κ3) is 3.80. The molecule has 9 nitrogen and oxygen atoms in total. The molecule has 1 aromatic carbocycles. The van der Waals surface area contributed by atoms with Gasteiger partial charge < -0.3 is 19.3 Å². The van der Waals surface area contributed by atoms with E-state index in [9.17, 15) is 18.3 Å². The number of nitrogens with zero attached hydrogens (tertiary/aromatic N) is 4. The lowest BCUT2D eigenvalue weighted by molar-refractivity contribution is 0.0378. The fourth-order valence-electron chi connectivity index (χ4n) is 5.89. The maximum absolute atomic E-state index is 13.7. The van der Waals surface area contributed by atoms with Gasteiger partial charge in [-0.1, -0.05) is 0 Å². The van der Waals surface area contributed by atoms with E-state index in [-0.39, 0.29) is 12.5 Å². The van der Waals surface area contributed by atoms with Gasteiger partial charge in [0.05, 0.1) is 31.5 Å². The van der Waals surface area contributed by atoms with E-state index in [2.05, 4.69) is 4.98 Å². The monoisotopic (exact) mass is 498 g/mol. The Morgan fingerprint density at radius 1 is 1.20 bits per heavy atom. The number of amides is 1. The van der Waals surface area contributed by atoms with Crippen LogP contribution in [-0.4, -0.2) is 77.8 Å². The minimum absolute atomic E-state index is 0.176. The molecule has 3 aromatic rings. The summed E-state index contributed by atoms with van der Waals surface area (Å²) in [5.74, 6) is 0.548. The molecule has 5 rings (SSSR count). The Hall–Kier alpha value is -2.95. The van der Waals surface area contributed by atoms with E-state index in [4.69, 9.17) is 4.74 Å². The first-order valence-corrected chi connectivity index (χ1v) is 13.5. The molecule has 1 atom stereocenters. The zero-order valence-electron chi connectivity index (χ0n) is 20.1. The van der Waals surface area contributed by atoms with Crippen molar-refractivity contribution >= 4 is 26.8 Å². The van der Waals surface area contributed by atoms with Crippen molar-refractivity contribution in [3.63, 3.8) is 0 Å². The molecule has 1 saturated heterocycles. The standard InChI is InChI=1S/C25H30N4O5S/c1-27-20-14-18(34-2)4-5-19(20)22-23(27)21(15-30)29(24(31)17-6-10-26-11-7-17)16-25(22)8-12-28(13-9-25)35(3,32)33/h4-7,10-11,14,21,30H,8-9,12-13,15-16H2,1-3H3/t21-/m1/s1. The van der Waals surface area contributed by atoms with E-state index in [1.807, 2.05) is 29.8 Å². The molecule has 2 aromatic heterocycles. The Balaban J connectivity index is 1.70. The van der Waals surface area contributed by atoms with E-state index in [0.717, 1.165) is 27.9 Å². The van der Waals surface area contributed by atoms with Gasteiger partial charge in [-0.3, -0.25) is 9.78 Å². The second kappa shape index (κ2) is 8.61. The Morgan fingerprint density at radius 3 is 2.49 bits per heavy atom. The Morgan fingerprint density at radius 2 is 1.89 bits per heavy atom. The minimum atomic E-state index is -3.31. The molecule has 0 unspecified atom stereocenters. The van der Waals surface area contributed by atoms with Gasteiger partial charge in [-0.15, -0.1) is 0 Å². The largest absolute Gasteiger partial charge is 0.497 e. The highest BCUT2D eigenvalue weighted by molar-refractivity contribution is 7.88. The fraction of sp³-hybridized carbons (Fsp3) is 0.440. The van der Waals surface area contributed by atoms with Crippen LogP contribution in [-0.2, 0) is 22.5 Å². The number of ether oxygens (including phenoxy) is 1. The molecular weight excluding hydrogens is 468 g/mol. The van der Waals surface area contributed by atoms with Crippen LogP contribution in [0.3, 0.4) is 0 Å². The van der Waals surface area contributed by atoms with Gasteiger partial charge in [0.2, 0.25) is 10.0 Å². The molecule has 10 heteroatoms. The topological polar surface area (TPSA) is 105 Å². The highest BCUT2D eigenvalue weighted by Crippen LogP contribution is 2.50. The fourth-order valence-corrected chi connectivity index (χ4v) is 6.73. The minimum Gasteiger partial charge on any atom is -0.497 e. The second-order valence-corrected chi connectivity index (χ2v) is 11.5. The Labute approximate surface area is 205 Å². The predicted octanol–water partition coefficient (Wildman–Crippen LogP) is 2.06. The van der Waals surface area contributed by atoms with E-state index >= 15 is 0 Å². The number of fused-ring (bicyclic) bond motifs is 4. The van der Waals surface area contributed by atoms with Crippen molar-refractivity contribution in [2.45, 2.75) is 24.3 Å². The maximum Gasteiger partial charge on any atom is 0.254 e. The summed E-state index contributed by atoms with van der Waals surface area (Å²) < 4.78 is 33.5. The number of carbonyl (C=O) groups excluding carboxylic acids is 1. The summed E-state index contributed by atoms with van der Waals surface area (Å²) in [6.07, 6.45) is 5.57. The molecule has 1 spiro atoms. The summed E-state index contributed by atoms with van der Waals surface area (Å²) in [5, 5.41) is 11.6. The average Bonchev–Trinajstić information content (AvgIpc) is 3.16. The molecular formula is C25H30N4O5S. The molecule has 1 amide bonds. The van der Waals surface area contributed by atoms with Crippen LogP contribution in [0, 0.1) is 0 Å². The van der Waals surface area contributed by atoms with E-state index in [1.54, 1.807) is 36.5 Å². The van der Waals surface area contributed by atoms with Crippen molar-refractivity contribution in [3.05, 3.63) is 59.5 Å². The van der Waals surface area contributed by atoms with Crippen molar-refractivity contribution in [3.8, 4) is 5.75 Å². The number of rotatable bonds is 4. The van der Waals surface area contributed by atoms with Crippen LogP contribution >= 0.6 is 0 Å². The molecule has 0 saturated carbocycles. The van der Waals surface area contributed by atoms with Gasteiger partial charge in [0, 0.05) is 67.2 Å². The quantitative estimate of drug-likeness (QED) is 0.591. The van der Waals surface area contributed by atoms with Gasteiger partial charge in [0.25, 0.3) is 5.91 Å². The third-order valence-electron chi connectivity index (χ3n) is 7.66. The molecule has 4 heterocycles. The van der Waals surface area contributed by atoms with Crippen molar-refractivity contribution in [1.82, 2.24) is 18.8 Å². The number of hydrogen-bond acceptors (Lipinski definition) is 6. The first-order chi connectivity index (χ1) is 16.7. The number of benzene rings is 1. The van der Waals surface area contributed by atoms with Gasteiger partial charge in [0.1, 0.15) is 5.75 Å². The van der Waals surface area contributed by atoms with Crippen molar-refractivity contribution < 1.29 is 23.1 Å². The van der Waals surface area contributed by atoms with Crippen LogP contribution in [0.5, 0.6) is 5.75 Å². The van der Waals surface area contributed by atoms with Gasteiger partial charge in [-0.05, 0) is 42.7 Å². The van der Waals surface area contributed by atoms with E-state index in [0.29, 0.717) is 38.0 Å². The molecule has 0 radical (unpaired) electrons. The van der Waals surface area contributed by atoms with Crippen LogP contribution in [0.15, 0.2) is 42.7 Å². The smallest absolute Gasteiger partial charge is 0.254 e. The second-order valence-electron chi connectivity index (χ2n) is 9.51. The summed E-state index contributed by atoms with van der Waals surface area (Å²) in [4.78, 5) is 19.5. The van der Waals surface area contributed by atoms with Gasteiger partial charge in [-0.2, -0.15) is 0 Å². The SMILES string of the molecule is COc1ccc2c3c(n(C)c2c1)[C@@H](CO)N(C(=O)c1ccncc1)CC31CCN(S(C)(=O)=O)CC1. The molecule has 2 aliphatic heterocycles. The van der Waals surface area contributed by atoms with Crippen LogP contribution in [0.2, 0.25) is 0 Å². The molecule has 1 fully saturated rings. The number of methoxy groups -OCH3 is 1. The maximum atomic E-state index is 13.7. The zero-order chi connectivity index (χ0) is 25.0. The third-order valence-corrected chi connectivity index (χ3v) is 8.96. The molecule has 0 bridgehead atoms. The van der Waals surface area contributed by atoms with Gasteiger partial charge in [-0.25, -0.2) is 12.7 Å². The van der Waals surface area contributed by atoms with Crippen LogP contribution in [0.4, 0.5) is 0 Å². The number of aryl methyl sites for hydroxylation is 1. The van der Waals surface area contributed by atoms with E-state index in [1.165, 1.54) is 10.6 Å². The van der Waals surface area contributed by atoms with Crippen molar-refractivity contribution in [2.75, 3.05) is 39.6 Å². The first kappa shape index (κ1) is 23.8. The number of carbonyl (C=O) groups is 1. The summed E-state index contributed by atoms with van der Waals surface area (Å²) in [5.41, 5.74) is 3.00. The Bertz CT molecular complexity index is 1380. The zero-order valence-corrected chi connectivity index (χ0v) is 21.0. The highest BCUT2D eigenvalue weighted by Gasteiger charge is 2.50. The number of piperidine rings is 1. The summed E-state index contributed by atoms with van der Waals surface area (Å²) in [6.45, 7) is 0.934. The summed E-state index contributed by atoms with van der Waals surface area (Å²) in [6, 6.07) is 8.75. The molecule has 1 N–H and O–H groups in total. The summed E-state index contributed by atoms with van der Waals surface area (Å²) in [7, 11) is 0.261. The average molecular weight is 499 g/mol. The van der Waals surface area contributed by atoms with Gasteiger partial charge >= 0.3 is 0 Å². The van der Waals surface area contributed by atoms with Crippen LogP contribution in [0.1, 0.15) is 40.5 Å². The lowest BCUT2D eigenvalue weighted by Crippen LogP contribution is -2.56. The van der Waals surface area contributed by atoms with Crippen molar-refractivity contribution in [1.29, 1.82) is 0 Å². The van der Waals surface area contributed by atoms with Crippen molar-refractivity contribution in [2.24, 2.45) is 7.05 Å². The number of aliphatic hydroxyl groups excluding tert-OH is 1. The highest BCUT2D eigenvalue weighted by atomic mass is 32.2. The number of aromatic nitrogens is 2. The number of hydrogen-bond donors (Lipinski definition) is 1.